The van der Waals surface area contributed by atoms with Crippen molar-refractivity contribution in [2.24, 2.45) is 5.92 Å². The zero-order valence-corrected chi connectivity index (χ0v) is 16.7. The fraction of sp³-hybridized carbons (Fsp3) is 0.333. The zero-order chi connectivity index (χ0) is 18.7. The third-order valence-electron chi connectivity index (χ3n) is 4.77. The van der Waals surface area contributed by atoms with E-state index in [4.69, 9.17) is 0 Å². The lowest BCUT2D eigenvalue weighted by molar-refractivity contribution is -0.135. The maximum Gasteiger partial charge on any atom is 0.228 e. The van der Waals surface area contributed by atoms with E-state index in [1.807, 2.05) is 55.5 Å². The van der Waals surface area contributed by atoms with Crippen LogP contribution < -0.4 is 0 Å². The molecule has 0 saturated carbocycles. The first kappa shape index (κ1) is 18.6. The van der Waals surface area contributed by atoms with Crippen molar-refractivity contribution in [2.75, 3.05) is 13.6 Å². The third-order valence-corrected chi connectivity index (χ3v) is 5.30. The Hall–Kier alpha value is -2.14. The Balaban J connectivity index is 1.59. The van der Waals surface area contributed by atoms with Gasteiger partial charge in [-0.2, -0.15) is 0 Å². The average molecular weight is 415 g/mol. The Morgan fingerprint density at radius 3 is 2.38 bits per heavy atom. The van der Waals surface area contributed by atoms with Crippen molar-refractivity contribution in [2.45, 2.75) is 26.4 Å². The molecule has 1 fully saturated rings. The highest BCUT2D eigenvalue weighted by molar-refractivity contribution is 9.10. The predicted octanol–water partition coefficient (Wildman–Crippen LogP) is 3.76. The molecule has 2 aromatic rings. The molecule has 1 saturated heterocycles. The van der Waals surface area contributed by atoms with Crippen LogP contribution >= 0.6 is 15.9 Å². The van der Waals surface area contributed by atoms with Gasteiger partial charge >= 0.3 is 0 Å². The zero-order valence-electron chi connectivity index (χ0n) is 15.1. The van der Waals surface area contributed by atoms with E-state index in [9.17, 15) is 9.59 Å². The van der Waals surface area contributed by atoms with E-state index in [1.54, 1.807) is 16.8 Å². The van der Waals surface area contributed by atoms with Gasteiger partial charge in [0.15, 0.2) is 0 Å². The van der Waals surface area contributed by atoms with Crippen LogP contribution in [0.5, 0.6) is 0 Å². The molecule has 1 unspecified atom stereocenters. The first-order valence-corrected chi connectivity index (χ1v) is 9.54. The van der Waals surface area contributed by atoms with Crippen LogP contribution in [0.2, 0.25) is 0 Å². The number of amides is 2. The second-order valence-corrected chi connectivity index (χ2v) is 7.90. The van der Waals surface area contributed by atoms with Crippen LogP contribution in [-0.4, -0.2) is 35.2 Å². The van der Waals surface area contributed by atoms with Gasteiger partial charge in [0, 0.05) is 37.6 Å². The number of carbonyl (C=O) groups is 2. The molecule has 0 aromatic heterocycles. The van der Waals surface area contributed by atoms with Crippen LogP contribution in [0.15, 0.2) is 53.0 Å². The number of hydrogen-bond acceptors (Lipinski definition) is 2. The fourth-order valence-corrected chi connectivity index (χ4v) is 3.52. The predicted molar refractivity (Wildman–Crippen MR) is 105 cm³/mol. The molecule has 2 aromatic carbocycles. The summed E-state index contributed by atoms with van der Waals surface area (Å²) >= 11 is 3.42. The standard InChI is InChI=1S/C21H23BrN2O2/c1-15-3-5-17(6-4-15)13-24-14-18(11-20(24)25)21(26)23(2)12-16-7-9-19(22)10-8-16/h3-10,18H,11-14H2,1-2H3. The van der Waals surface area contributed by atoms with Crippen LogP contribution in [0.1, 0.15) is 23.1 Å². The molecule has 1 atom stereocenters. The van der Waals surface area contributed by atoms with Crippen molar-refractivity contribution < 1.29 is 9.59 Å². The first-order chi connectivity index (χ1) is 12.4. The fourth-order valence-electron chi connectivity index (χ4n) is 3.26. The highest BCUT2D eigenvalue weighted by Gasteiger charge is 2.35. The average Bonchev–Trinajstić information content (AvgIpc) is 2.99. The van der Waals surface area contributed by atoms with Gasteiger partial charge in [-0.25, -0.2) is 0 Å². The Morgan fingerprint density at radius 1 is 1.12 bits per heavy atom. The van der Waals surface area contributed by atoms with E-state index in [1.165, 1.54) is 5.56 Å². The van der Waals surface area contributed by atoms with Crippen LogP contribution in [0.4, 0.5) is 0 Å². The van der Waals surface area contributed by atoms with Crippen molar-refractivity contribution in [3.05, 3.63) is 69.7 Å². The summed E-state index contributed by atoms with van der Waals surface area (Å²) in [5.41, 5.74) is 3.37. The van der Waals surface area contributed by atoms with Gasteiger partial charge in [0.2, 0.25) is 11.8 Å². The number of nitrogens with zero attached hydrogens (tertiary/aromatic N) is 2. The van der Waals surface area contributed by atoms with Crippen LogP contribution in [0, 0.1) is 12.8 Å². The van der Waals surface area contributed by atoms with Crippen molar-refractivity contribution in [3.63, 3.8) is 0 Å². The van der Waals surface area contributed by atoms with Gasteiger partial charge in [-0.3, -0.25) is 9.59 Å². The molecular formula is C21H23BrN2O2. The summed E-state index contributed by atoms with van der Waals surface area (Å²) in [6.45, 7) is 3.66. The van der Waals surface area contributed by atoms with Crippen molar-refractivity contribution in [3.8, 4) is 0 Å². The molecule has 1 aliphatic rings. The molecule has 0 N–H and O–H groups in total. The largest absolute Gasteiger partial charge is 0.341 e. The maximum absolute atomic E-state index is 12.7. The highest BCUT2D eigenvalue weighted by Crippen LogP contribution is 2.23. The number of likely N-dealkylation sites (tertiary alicyclic amines) is 1. The Bertz CT molecular complexity index is 787. The van der Waals surface area contributed by atoms with E-state index in [-0.39, 0.29) is 17.7 Å². The number of hydrogen-bond donors (Lipinski definition) is 0. The SMILES string of the molecule is Cc1ccc(CN2CC(C(=O)N(C)Cc3ccc(Br)cc3)CC2=O)cc1. The van der Waals surface area contributed by atoms with Gasteiger partial charge in [0.25, 0.3) is 0 Å². The topological polar surface area (TPSA) is 40.6 Å². The summed E-state index contributed by atoms with van der Waals surface area (Å²) in [5.74, 6) is -0.165. The molecule has 4 nitrogen and oxygen atoms in total. The highest BCUT2D eigenvalue weighted by atomic mass is 79.9. The minimum Gasteiger partial charge on any atom is -0.341 e. The third kappa shape index (κ3) is 4.52. The maximum atomic E-state index is 12.7. The van der Waals surface area contributed by atoms with Crippen LogP contribution in [0.3, 0.4) is 0 Å². The molecule has 2 amide bonds. The Kier molecular flexibility index (Phi) is 5.77. The van der Waals surface area contributed by atoms with Crippen LogP contribution in [0.25, 0.3) is 0 Å². The number of benzene rings is 2. The van der Waals surface area contributed by atoms with Gasteiger partial charge < -0.3 is 9.80 Å². The van der Waals surface area contributed by atoms with E-state index in [2.05, 4.69) is 15.9 Å². The summed E-state index contributed by atoms with van der Waals surface area (Å²) in [5, 5.41) is 0. The summed E-state index contributed by atoms with van der Waals surface area (Å²) in [7, 11) is 1.80. The molecule has 1 aliphatic heterocycles. The van der Waals surface area contributed by atoms with E-state index >= 15 is 0 Å². The minimum atomic E-state index is -0.256. The Labute approximate surface area is 162 Å². The Morgan fingerprint density at radius 2 is 1.73 bits per heavy atom. The number of halogens is 1. The van der Waals surface area contributed by atoms with Gasteiger partial charge in [-0.15, -0.1) is 0 Å². The number of rotatable bonds is 5. The summed E-state index contributed by atoms with van der Waals surface area (Å²) < 4.78 is 1.02. The lowest BCUT2D eigenvalue weighted by Crippen LogP contribution is -2.34. The number of aryl methyl sites for hydroxylation is 1. The minimum absolute atomic E-state index is 0.0349. The van der Waals surface area contributed by atoms with E-state index in [0.29, 0.717) is 26.1 Å². The number of carbonyl (C=O) groups excluding carboxylic acids is 2. The normalized spacial score (nSPS) is 16.8. The molecule has 0 radical (unpaired) electrons. The molecule has 26 heavy (non-hydrogen) atoms. The van der Waals surface area contributed by atoms with Crippen LogP contribution in [-0.2, 0) is 22.7 Å². The molecule has 0 aliphatic carbocycles. The monoisotopic (exact) mass is 414 g/mol. The van der Waals surface area contributed by atoms with Gasteiger partial charge in [0.05, 0.1) is 5.92 Å². The van der Waals surface area contributed by atoms with Crippen molar-refractivity contribution in [1.29, 1.82) is 0 Å². The molecule has 0 bridgehead atoms. The van der Waals surface area contributed by atoms with E-state index in [0.717, 1.165) is 15.6 Å². The van der Waals surface area contributed by atoms with Crippen molar-refractivity contribution >= 4 is 27.7 Å². The summed E-state index contributed by atoms with van der Waals surface area (Å²) in [6, 6.07) is 16.1. The lowest BCUT2D eigenvalue weighted by Gasteiger charge is -2.21. The van der Waals surface area contributed by atoms with Crippen molar-refractivity contribution in [1.82, 2.24) is 9.80 Å². The van der Waals surface area contributed by atoms with E-state index < -0.39 is 0 Å². The summed E-state index contributed by atoms with van der Waals surface area (Å²) in [6.07, 6.45) is 0.301. The molecule has 136 valence electrons. The molecular weight excluding hydrogens is 392 g/mol. The quantitative estimate of drug-likeness (QED) is 0.746. The smallest absolute Gasteiger partial charge is 0.228 e. The second-order valence-electron chi connectivity index (χ2n) is 6.98. The molecule has 5 heteroatoms. The van der Waals surface area contributed by atoms with Gasteiger partial charge in [-0.05, 0) is 30.2 Å². The molecule has 0 spiro atoms. The lowest BCUT2D eigenvalue weighted by atomic mass is 10.1. The molecule has 1 heterocycles. The first-order valence-electron chi connectivity index (χ1n) is 8.75. The molecule has 3 rings (SSSR count). The second kappa shape index (κ2) is 8.04. The van der Waals surface area contributed by atoms with Gasteiger partial charge in [-0.1, -0.05) is 57.9 Å². The van der Waals surface area contributed by atoms with Gasteiger partial charge in [0.1, 0.15) is 0 Å². The summed E-state index contributed by atoms with van der Waals surface area (Å²) in [4.78, 5) is 28.6.